The minimum Gasteiger partial charge on any atom is -0.469 e. The second kappa shape index (κ2) is 8.76. The molecule has 0 aliphatic heterocycles. The number of hydrogen-bond acceptors (Lipinski definition) is 5. The van der Waals surface area contributed by atoms with E-state index in [1.807, 2.05) is 0 Å². The van der Waals surface area contributed by atoms with Gasteiger partial charge < -0.3 is 9.47 Å². The van der Waals surface area contributed by atoms with E-state index in [1.54, 1.807) is 0 Å². The van der Waals surface area contributed by atoms with Crippen molar-refractivity contribution in [3.63, 3.8) is 0 Å². The average Bonchev–Trinajstić information content (AvgIpc) is 3.11. The smallest absolute Gasteiger partial charge is 0.305 e. The maximum absolute atomic E-state index is 13.8. The molecular weight excluding hydrogens is 404 g/mol. The van der Waals surface area contributed by atoms with Gasteiger partial charge in [-0.15, -0.1) is 0 Å². The molecule has 4 fully saturated rings. The molecule has 180 valence electrons. The molecule has 0 amide bonds. The topological polar surface area (TPSA) is 69.7 Å². The summed E-state index contributed by atoms with van der Waals surface area (Å²) in [5.74, 6) is 3.00. The number of hydrogen-bond donors (Lipinski definition) is 0. The minimum absolute atomic E-state index is 0.0539. The first-order chi connectivity index (χ1) is 15.1. The highest BCUT2D eigenvalue weighted by Gasteiger charge is 2.64. The first-order valence-electron chi connectivity index (χ1n) is 12.9. The summed E-state index contributed by atoms with van der Waals surface area (Å²) in [4.78, 5) is 37.0. The van der Waals surface area contributed by atoms with Crippen molar-refractivity contribution in [2.45, 2.75) is 98.0 Å². The standard InChI is InChI=1S/C27H42O5/c1-16(6-11-25(30)31-5)21-9-10-22-20-8-7-18-14-19(32-17(2)28)12-13-26(18,3)23(20)15-24(29)27(21,22)4/h16,18-23H,6-15H2,1-5H3/t16-,18-,19+,20-,21+,22-,23-,26-,27+/m0/s1. The van der Waals surface area contributed by atoms with Gasteiger partial charge in [0.2, 0.25) is 0 Å². The number of ether oxygens (including phenoxy) is 2. The van der Waals surface area contributed by atoms with Gasteiger partial charge in [0, 0.05) is 25.2 Å². The molecular formula is C27H42O5. The third-order valence-corrected chi connectivity index (χ3v) is 10.6. The van der Waals surface area contributed by atoms with Crippen LogP contribution in [0, 0.1) is 46.3 Å². The van der Waals surface area contributed by atoms with E-state index < -0.39 is 0 Å². The number of Topliss-reactive ketones (excluding diaryl/α,β-unsaturated/α-hetero) is 1. The van der Waals surface area contributed by atoms with Crippen LogP contribution in [0.15, 0.2) is 0 Å². The van der Waals surface area contributed by atoms with Crippen LogP contribution in [-0.2, 0) is 23.9 Å². The third kappa shape index (κ3) is 3.81. The number of fused-ring (bicyclic) bond motifs is 5. The van der Waals surface area contributed by atoms with Crippen LogP contribution in [-0.4, -0.2) is 30.9 Å². The zero-order valence-electron chi connectivity index (χ0n) is 20.7. The van der Waals surface area contributed by atoms with Gasteiger partial charge in [-0.05, 0) is 92.3 Å². The zero-order chi connectivity index (χ0) is 23.3. The van der Waals surface area contributed by atoms with Gasteiger partial charge in [0.1, 0.15) is 11.9 Å². The van der Waals surface area contributed by atoms with Gasteiger partial charge in [0.05, 0.1) is 7.11 Å². The van der Waals surface area contributed by atoms with E-state index in [-0.39, 0.29) is 28.9 Å². The van der Waals surface area contributed by atoms with Gasteiger partial charge in [-0.1, -0.05) is 20.8 Å². The van der Waals surface area contributed by atoms with E-state index in [4.69, 9.17) is 9.47 Å². The Morgan fingerprint density at radius 1 is 1.09 bits per heavy atom. The Morgan fingerprint density at radius 3 is 2.53 bits per heavy atom. The van der Waals surface area contributed by atoms with Gasteiger partial charge in [0.15, 0.2) is 0 Å². The Hall–Kier alpha value is -1.39. The van der Waals surface area contributed by atoms with Crippen molar-refractivity contribution in [2.24, 2.45) is 46.3 Å². The second-order valence-corrected chi connectivity index (χ2v) is 11.8. The van der Waals surface area contributed by atoms with E-state index in [9.17, 15) is 14.4 Å². The van der Waals surface area contributed by atoms with E-state index in [1.165, 1.54) is 26.9 Å². The highest BCUT2D eigenvalue weighted by molar-refractivity contribution is 5.87. The maximum atomic E-state index is 13.8. The van der Waals surface area contributed by atoms with E-state index in [0.29, 0.717) is 54.1 Å². The second-order valence-electron chi connectivity index (χ2n) is 11.8. The largest absolute Gasteiger partial charge is 0.469 e. The SMILES string of the molecule is COC(=O)CC[C@H](C)[C@H]1CC[C@H]2[C@@H]3CC[C@H]4C[C@H](OC(C)=O)CC[C@]4(C)[C@H]3CC(=O)[C@]12C. The molecule has 9 atom stereocenters. The van der Waals surface area contributed by atoms with E-state index in [2.05, 4.69) is 20.8 Å². The summed E-state index contributed by atoms with van der Waals surface area (Å²) in [5.41, 5.74) is -0.0556. The van der Waals surface area contributed by atoms with Crippen LogP contribution in [0.3, 0.4) is 0 Å². The van der Waals surface area contributed by atoms with Crippen LogP contribution in [0.2, 0.25) is 0 Å². The van der Waals surface area contributed by atoms with Crippen LogP contribution < -0.4 is 0 Å². The monoisotopic (exact) mass is 446 g/mol. The summed E-state index contributed by atoms with van der Waals surface area (Å²) in [6.45, 7) is 8.43. The first-order valence-corrected chi connectivity index (χ1v) is 12.9. The number of rotatable bonds is 5. The summed E-state index contributed by atoms with van der Waals surface area (Å²) in [6, 6.07) is 0. The van der Waals surface area contributed by atoms with E-state index in [0.717, 1.165) is 38.5 Å². The fourth-order valence-electron chi connectivity index (χ4n) is 8.86. The van der Waals surface area contributed by atoms with Crippen molar-refractivity contribution in [1.82, 2.24) is 0 Å². The quantitative estimate of drug-likeness (QED) is 0.533. The molecule has 4 saturated carbocycles. The lowest BCUT2D eigenvalue weighted by atomic mass is 9.44. The number of carbonyl (C=O) groups excluding carboxylic acids is 3. The molecule has 4 rings (SSSR count). The molecule has 0 spiro atoms. The fraction of sp³-hybridized carbons (Fsp3) is 0.889. The summed E-state index contributed by atoms with van der Waals surface area (Å²) < 4.78 is 10.4. The molecule has 32 heavy (non-hydrogen) atoms. The van der Waals surface area contributed by atoms with Crippen molar-refractivity contribution in [2.75, 3.05) is 7.11 Å². The van der Waals surface area contributed by atoms with Gasteiger partial charge in [-0.3, -0.25) is 14.4 Å². The van der Waals surface area contributed by atoms with Crippen molar-refractivity contribution >= 4 is 17.7 Å². The summed E-state index contributed by atoms with van der Waals surface area (Å²) in [5, 5.41) is 0. The zero-order valence-corrected chi connectivity index (χ0v) is 20.7. The maximum Gasteiger partial charge on any atom is 0.305 e. The molecule has 0 heterocycles. The molecule has 0 aromatic rings. The normalized spacial score (nSPS) is 44.1. The van der Waals surface area contributed by atoms with Gasteiger partial charge >= 0.3 is 11.9 Å². The molecule has 5 nitrogen and oxygen atoms in total. The van der Waals surface area contributed by atoms with Gasteiger partial charge in [-0.25, -0.2) is 0 Å². The Bertz CT molecular complexity index is 761. The van der Waals surface area contributed by atoms with Crippen molar-refractivity contribution in [1.29, 1.82) is 0 Å². The van der Waals surface area contributed by atoms with Gasteiger partial charge in [0.25, 0.3) is 0 Å². The molecule has 0 radical (unpaired) electrons. The first kappa shape index (κ1) is 23.8. The number of methoxy groups -OCH3 is 1. The summed E-state index contributed by atoms with van der Waals surface area (Å²) in [6.07, 6.45) is 9.61. The van der Waals surface area contributed by atoms with Crippen LogP contribution in [0.5, 0.6) is 0 Å². The Kier molecular flexibility index (Phi) is 6.50. The van der Waals surface area contributed by atoms with Crippen LogP contribution in [0.1, 0.15) is 91.9 Å². The summed E-state index contributed by atoms with van der Waals surface area (Å²) in [7, 11) is 1.45. The van der Waals surface area contributed by atoms with Crippen LogP contribution >= 0.6 is 0 Å². The fourth-order valence-corrected chi connectivity index (χ4v) is 8.86. The lowest BCUT2D eigenvalue weighted by Gasteiger charge is -2.60. The molecule has 0 bridgehead atoms. The lowest BCUT2D eigenvalue weighted by Crippen LogP contribution is -2.57. The molecule has 0 saturated heterocycles. The number of carbonyl (C=O) groups is 3. The van der Waals surface area contributed by atoms with Crippen molar-refractivity contribution < 1.29 is 23.9 Å². The summed E-state index contributed by atoms with van der Waals surface area (Å²) >= 11 is 0. The van der Waals surface area contributed by atoms with Crippen molar-refractivity contribution in [3.8, 4) is 0 Å². The van der Waals surface area contributed by atoms with Crippen LogP contribution in [0.4, 0.5) is 0 Å². The number of ketones is 1. The molecule has 0 aromatic heterocycles. The molecule has 0 aromatic carbocycles. The molecule has 5 heteroatoms. The molecule has 4 aliphatic rings. The minimum atomic E-state index is -0.241. The van der Waals surface area contributed by atoms with Gasteiger partial charge in [-0.2, -0.15) is 0 Å². The Balaban J connectivity index is 1.50. The highest BCUT2D eigenvalue weighted by atomic mass is 16.5. The predicted molar refractivity (Wildman–Crippen MR) is 122 cm³/mol. The lowest BCUT2D eigenvalue weighted by molar-refractivity contribution is -0.167. The van der Waals surface area contributed by atoms with Crippen molar-refractivity contribution in [3.05, 3.63) is 0 Å². The molecule has 4 aliphatic carbocycles. The molecule has 0 N–H and O–H groups in total. The Labute approximate surface area is 193 Å². The highest BCUT2D eigenvalue weighted by Crippen LogP contribution is 2.67. The van der Waals surface area contributed by atoms with E-state index >= 15 is 0 Å². The molecule has 0 unspecified atom stereocenters. The third-order valence-electron chi connectivity index (χ3n) is 10.6. The number of esters is 2. The predicted octanol–water partition coefficient (Wildman–Crippen LogP) is 5.35. The average molecular weight is 447 g/mol. The Morgan fingerprint density at radius 2 is 1.84 bits per heavy atom. The van der Waals surface area contributed by atoms with Crippen LogP contribution in [0.25, 0.3) is 0 Å².